The third kappa shape index (κ3) is 3.10. The van der Waals surface area contributed by atoms with Gasteiger partial charge in [-0.1, -0.05) is 11.6 Å². The molecule has 1 amide bonds. The maximum atomic E-state index is 12.0. The predicted molar refractivity (Wildman–Crippen MR) is 63.0 cm³/mol. The molecule has 6 heteroatoms. The molecule has 0 atom stereocenters. The highest BCUT2D eigenvalue weighted by molar-refractivity contribution is 6.34. The molecule has 0 fully saturated rings. The van der Waals surface area contributed by atoms with E-state index in [1.807, 2.05) is 12.1 Å². The van der Waals surface area contributed by atoms with Crippen molar-refractivity contribution < 1.29 is 4.79 Å². The normalized spacial score (nSPS) is 9.12. The molecule has 2 N–H and O–H groups in total. The Bertz CT molecular complexity index is 499. The van der Waals surface area contributed by atoms with E-state index in [9.17, 15) is 4.79 Å². The minimum atomic E-state index is -0.481. The van der Waals surface area contributed by atoms with Crippen molar-refractivity contribution in [3.05, 3.63) is 28.8 Å². The fourth-order valence-electron chi connectivity index (χ4n) is 1.25. The minimum absolute atomic E-state index is 0.169. The summed E-state index contributed by atoms with van der Waals surface area (Å²) in [6, 6.07) is 8.13. The van der Waals surface area contributed by atoms with Crippen molar-refractivity contribution >= 4 is 23.2 Å². The molecule has 0 saturated carbocycles. The summed E-state index contributed by atoms with van der Waals surface area (Å²) in [5.41, 5.74) is 6.14. The summed E-state index contributed by atoms with van der Waals surface area (Å²) in [6.07, 6.45) is 0. The molecule has 0 spiro atoms. The molecule has 0 aliphatic heterocycles. The molecular weight excluding hydrogens is 240 g/mol. The molecule has 1 rings (SSSR count). The monoisotopic (exact) mass is 248 g/mol. The zero-order valence-electron chi connectivity index (χ0n) is 8.85. The summed E-state index contributed by atoms with van der Waals surface area (Å²) in [7, 11) is 0. The third-order valence-electron chi connectivity index (χ3n) is 2.03. The van der Waals surface area contributed by atoms with Crippen molar-refractivity contribution in [1.82, 2.24) is 4.90 Å². The second kappa shape index (κ2) is 5.74. The molecule has 0 heterocycles. The lowest BCUT2D eigenvalue weighted by atomic mass is 10.1. The highest BCUT2D eigenvalue weighted by Crippen LogP contribution is 2.20. The largest absolute Gasteiger partial charge is 0.399 e. The fraction of sp³-hybridized carbons (Fsp3) is 0.182. The van der Waals surface area contributed by atoms with Gasteiger partial charge in [-0.05, 0) is 18.2 Å². The number of hydrogen-bond donors (Lipinski definition) is 1. The lowest BCUT2D eigenvalue weighted by Crippen LogP contribution is -2.32. The highest BCUT2D eigenvalue weighted by Gasteiger charge is 2.18. The maximum absolute atomic E-state index is 12.0. The van der Waals surface area contributed by atoms with E-state index in [2.05, 4.69) is 0 Å². The van der Waals surface area contributed by atoms with Gasteiger partial charge in [0.25, 0.3) is 5.91 Å². The van der Waals surface area contributed by atoms with Crippen LogP contribution in [0.15, 0.2) is 18.2 Å². The van der Waals surface area contributed by atoms with Crippen molar-refractivity contribution in [2.24, 2.45) is 0 Å². The van der Waals surface area contributed by atoms with Gasteiger partial charge in [-0.2, -0.15) is 10.5 Å². The number of carbonyl (C=O) groups is 1. The van der Waals surface area contributed by atoms with Crippen molar-refractivity contribution in [2.45, 2.75) is 0 Å². The smallest absolute Gasteiger partial charge is 0.257 e. The summed E-state index contributed by atoms with van der Waals surface area (Å²) in [6.45, 7) is -0.338. The lowest BCUT2D eigenvalue weighted by molar-refractivity contribution is 0.0795. The van der Waals surface area contributed by atoms with Crippen LogP contribution < -0.4 is 5.73 Å². The van der Waals surface area contributed by atoms with Gasteiger partial charge in [0, 0.05) is 5.69 Å². The average Bonchev–Trinajstić information content (AvgIpc) is 2.31. The number of benzene rings is 1. The zero-order chi connectivity index (χ0) is 12.8. The van der Waals surface area contributed by atoms with Crippen molar-refractivity contribution in [1.29, 1.82) is 10.5 Å². The Labute approximate surface area is 104 Å². The molecule has 1 aromatic rings. The quantitative estimate of drug-likeness (QED) is 0.646. The van der Waals surface area contributed by atoms with Crippen LogP contribution in [0, 0.1) is 22.7 Å². The van der Waals surface area contributed by atoms with Crippen LogP contribution in [0.5, 0.6) is 0 Å². The van der Waals surface area contributed by atoms with Crippen LogP contribution in [0.25, 0.3) is 0 Å². The standard InChI is InChI=1S/C11H9ClN4O/c12-10-2-1-8(15)7-9(10)11(17)16(5-3-13)6-4-14/h1-2,7H,5-6,15H2. The molecule has 0 unspecified atom stereocenters. The number of nitriles is 2. The van der Waals surface area contributed by atoms with Crippen LogP contribution in [0.3, 0.4) is 0 Å². The number of hydrogen-bond acceptors (Lipinski definition) is 4. The fourth-order valence-corrected chi connectivity index (χ4v) is 1.45. The predicted octanol–water partition coefficient (Wildman–Crippen LogP) is 1.41. The Morgan fingerprint density at radius 2 is 1.94 bits per heavy atom. The van der Waals surface area contributed by atoms with Crippen LogP contribution in [0.4, 0.5) is 5.69 Å². The van der Waals surface area contributed by atoms with E-state index in [4.69, 9.17) is 27.9 Å². The molecule has 0 aromatic heterocycles. The number of nitrogens with zero attached hydrogens (tertiary/aromatic N) is 3. The first-order valence-corrected chi connectivity index (χ1v) is 5.06. The molecule has 17 heavy (non-hydrogen) atoms. The van der Waals surface area contributed by atoms with Crippen LogP contribution >= 0.6 is 11.6 Å². The first-order valence-electron chi connectivity index (χ1n) is 4.68. The van der Waals surface area contributed by atoms with Gasteiger partial charge in [0.15, 0.2) is 0 Å². The van der Waals surface area contributed by atoms with Gasteiger partial charge in [0.05, 0.1) is 22.7 Å². The minimum Gasteiger partial charge on any atom is -0.399 e. The summed E-state index contributed by atoms with van der Waals surface area (Å²) in [5.74, 6) is -0.481. The molecule has 0 radical (unpaired) electrons. The van der Waals surface area contributed by atoms with E-state index >= 15 is 0 Å². The Morgan fingerprint density at radius 1 is 1.35 bits per heavy atom. The van der Waals surface area contributed by atoms with Gasteiger partial charge in [0.1, 0.15) is 13.1 Å². The molecule has 86 valence electrons. The van der Waals surface area contributed by atoms with E-state index in [1.54, 1.807) is 6.07 Å². The molecular formula is C11H9ClN4O. The molecule has 0 bridgehead atoms. The lowest BCUT2D eigenvalue weighted by Gasteiger charge is -2.16. The number of anilines is 1. The second-order valence-corrected chi connectivity index (χ2v) is 3.62. The van der Waals surface area contributed by atoms with E-state index in [0.29, 0.717) is 5.69 Å². The van der Waals surface area contributed by atoms with E-state index in [-0.39, 0.29) is 23.7 Å². The Balaban J connectivity index is 3.06. The van der Waals surface area contributed by atoms with Crippen LogP contribution in [0.2, 0.25) is 5.02 Å². The molecule has 5 nitrogen and oxygen atoms in total. The van der Waals surface area contributed by atoms with Crippen LogP contribution in [0.1, 0.15) is 10.4 Å². The summed E-state index contributed by atoms with van der Waals surface area (Å²) in [4.78, 5) is 13.1. The van der Waals surface area contributed by atoms with Crippen molar-refractivity contribution in [2.75, 3.05) is 18.8 Å². The Hall–Kier alpha value is -2.24. The molecule has 0 aliphatic carbocycles. The topological polar surface area (TPSA) is 93.9 Å². The average molecular weight is 249 g/mol. The number of carbonyl (C=O) groups excluding carboxylic acids is 1. The Kier molecular flexibility index (Phi) is 4.33. The maximum Gasteiger partial charge on any atom is 0.257 e. The van der Waals surface area contributed by atoms with E-state index < -0.39 is 5.91 Å². The first-order chi connectivity index (χ1) is 8.10. The van der Waals surface area contributed by atoms with Crippen LogP contribution in [-0.2, 0) is 0 Å². The Morgan fingerprint density at radius 3 is 2.47 bits per heavy atom. The number of nitrogens with two attached hydrogens (primary N) is 1. The number of halogens is 1. The third-order valence-corrected chi connectivity index (χ3v) is 2.36. The number of amides is 1. The first kappa shape index (κ1) is 12.8. The number of rotatable bonds is 3. The van der Waals surface area contributed by atoms with Gasteiger partial charge in [-0.25, -0.2) is 0 Å². The second-order valence-electron chi connectivity index (χ2n) is 3.22. The SMILES string of the molecule is N#CCN(CC#N)C(=O)c1cc(N)ccc1Cl. The van der Waals surface area contributed by atoms with E-state index in [1.165, 1.54) is 12.1 Å². The summed E-state index contributed by atoms with van der Waals surface area (Å²) < 4.78 is 0. The van der Waals surface area contributed by atoms with E-state index in [0.717, 1.165) is 4.90 Å². The van der Waals surface area contributed by atoms with Gasteiger partial charge >= 0.3 is 0 Å². The number of nitrogen functional groups attached to an aromatic ring is 1. The van der Waals surface area contributed by atoms with Crippen molar-refractivity contribution in [3.63, 3.8) is 0 Å². The van der Waals surface area contributed by atoms with Gasteiger partial charge < -0.3 is 10.6 Å². The molecule has 0 saturated heterocycles. The van der Waals surface area contributed by atoms with Crippen molar-refractivity contribution in [3.8, 4) is 12.1 Å². The summed E-state index contributed by atoms with van der Waals surface area (Å²) in [5, 5.41) is 17.4. The van der Waals surface area contributed by atoms with Gasteiger partial charge in [-0.15, -0.1) is 0 Å². The van der Waals surface area contributed by atoms with Gasteiger partial charge in [-0.3, -0.25) is 4.79 Å². The van der Waals surface area contributed by atoms with Gasteiger partial charge in [0.2, 0.25) is 0 Å². The molecule has 0 aliphatic rings. The summed E-state index contributed by atoms with van der Waals surface area (Å²) >= 11 is 5.87. The highest BCUT2D eigenvalue weighted by atomic mass is 35.5. The van der Waals surface area contributed by atoms with Crippen LogP contribution in [-0.4, -0.2) is 23.9 Å². The molecule has 1 aromatic carbocycles. The zero-order valence-corrected chi connectivity index (χ0v) is 9.61.